The maximum atomic E-state index is 14.2. The van der Waals surface area contributed by atoms with Crippen molar-refractivity contribution in [1.82, 2.24) is 14.9 Å². The number of carbonyl (C=O) groups excluding carboxylic acids is 1. The van der Waals surface area contributed by atoms with E-state index in [2.05, 4.69) is 32.1 Å². The first kappa shape index (κ1) is 33.1. The Morgan fingerprint density at radius 1 is 1.06 bits per heavy atom. The molecule has 5 rings (SSSR count). The van der Waals surface area contributed by atoms with Crippen LogP contribution in [0.1, 0.15) is 18.0 Å². The molecule has 1 fully saturated rings. The number of nitrogens with one attached hydrogen (secondary N) is 2. The summed E-state index contributed by atoms with van der Waals surface area (Å²) in [6.07, 6.45) is 3.28. The molecule has 0 bridgehead atoms. The van der Waals surface area contributed by atoms with Crippen molar-refractivity contribution < 1.29 is 27.9 Å². The third-order valence-electron chi connectivity index (χ3n) is 7.46. The van der Waals surface area contributed by atoms with Gasteiger partial charge in [0.15, 0.2) is 17.4 Å². The van der Waals surface area contributed by atoms with E-state index in [1.807, 2.05) is 38.2 Å². The van der Waals surface area contributed by atoms with Gasteiger partial charge >= 0.3 is 0 Å². The van der Waals surface area contributed by atoms with Gasteiger partial charge in [-0.25, -0.2) is 23.8 Å². The van der Waals surface area contributed by atoms with E-state index in [-0.39, 0.29) is 17.7 Å². The number of nitrogens with zero attached hydrogens (tertiary/aromatic N) is 5. The van der Waals surface area contributed by atoms with Gasteiger partial charge in [-0.3, -0.25) is 9.63 Å². The number of hydrogen-bond acceptors (Lipinski definition) is 10. The Morgan fingerprint density at radius 2 is 1.89 bits per heavy atom. The van der Waals surface area contributed by atoms with Crippen molar-refractivity contribution >= 4 is 34.6 Å². The maximum Gasteiger partial charge on any atom is 0.247 e. The van der Waals surface area contributed by atoms with Crippen molar-refractivity contribution in [2.24, 2.45) is 0 Å². The van der Waals surface area contributed by atoms with Crippen LogP contribution in [0.25, 0.3) is 0 Å². The van der Waals surface area contributed by atoms with Crippen molar-refractivity contribution in [1.29, 1.82) is 0 Å². The van der Waals surface area contributed by atoms with E-state index in [1.54, 1.807) is 42.5 Å². The zero-order valence-electron chi connectivity index (χ0n) is 26.7. The molecule has 1 saturated heterocycles. The van der Waals surface area contributed by atoms with Crippen molar-refractivity contribution in [2.75, 3.05) is 68.5 Å². The third-order valence-corrected chi connectivity index (χ3v) is 7.46. The Hall–Kier alpha value is -5.27. The summed E-state index contributed by atoms with van der Waals surface area (Å²) in [5, 5.41) is 7.87. The summed E-state index contributed by atoms with van der Waals surface area (Å²) in [6.45, 7) is 5.53. The Balaban J connectivity index is 1.39. The van der Waals surface area contributed by atoms with Gasteiger partial charge in [-0.2, -0.15) is 0 Å². The molecule has 3 aromatic carbocycles. The van der Waals surface area contributed by atoms with Gasteiger partial charge < -0.3 is 29.9 Å². The molecule has 0 saturated carbocycles. The van der Waals surface area contributed by atoms with Gasteiger partial charge in [-0.05, 0) is 56.1 Å². The number of anilines is 5. The number of rotatable bonds is 13. The normalized spacial score (nSPS) is 14.2. The van der Waals surface area contributed by atoms with E-state index in [0.29, 0.717) is 54.1 Å². The highest BCUT2D eigenvalue weighted by molar-refractivity contribution is 6.02. The molecular weight excluding hydrogens is 608 g/mol. The lowest BCUT2D eigenvalue weighted by Gasteiger charge is -2.26. The van der Waals surface area contributed by atoms with Crippen molar-refractivity contribution in [3.05, 3.63) is 96.8 Å². The van der Waals surface area contributed by atoms with Crippen LogP contribution in [-0.2, 0) is 9.63 Å². The minimum absolute atomic E-state index is 0.205. The largest absolute Gasteiger partial charge is 0.494 e. The summed E-state index contributed by atoms with van der Waals surface area (Å²) in [5.74, 6) is 0.0230. The molecule has 4 aromatic rings. The first-order chi connectivity index (χ1) is 22.6. The minimum Gasteiger partial charge on any atom is -0.494 e. The summed E-state index contributed by atoms with van der Waals surface area (Å²) in [4.78, 5) is 31.3. The Labute approximate surface area is 272 Å². The highest BCUT2D eigenvalue weighted by Crippen LogP contribution is 2.40. The number of carbonyl (C=O) groups is 1. The summed E-state index contributed by atoms with van der Waals surface area (Å²) in [7, 11) is 7.51. The van der Waals surface area contributed by atoms with Crippen LogP contribution in [0.15, 0.2) is 79.6 Å². The van der Waals surface area contributed by atoms with Gasteiger partial charge in [0.2, 0.25) is 5.91 Å². The predicted molar refractivity (Wildman–Crippen MR) is 178 cm³/mol. The van der Waals surface area contributed by atoms with Gasteiger partial charge in [0.05, 0.1) is 36.8 Å². The molecule has 1 aliphatic heterocycles. The number of ether oxygens (including phenoxy) is 2. The quantitative estimate of drug-likeness (QED) is 0.161. The van der Waals surface area contributed by atoms with Gasteiger partial charge in [-0.1, -0.05) is 18.7 Å². The molecule has 0 aliphatic carbocycles. The fourth-order valence-electron chi connectivity index (χ4n) is 5.05. The van der Waals surface area contributed by atoms with E-state index >= 15 is 0 Å². The van der Waals surface area contributed by atoms with Crippen LogP contribution in [-0.4, -0.2) is 68.7 Å². The van der Waals surface area contributed by atoms with Crippen molar-refractivity contribution in [3.63, 3.8) is 0 Å². The monoisotopic (exact) mass is 645 g/mol. The van der Waals surface area contributed by atoms with Crippen LogP contribution in [0.4, 0.5) is 37.5 Å². The second kappa shape index (κ2) is 14.9. The smallest absolute Gasteiger partial charge is 0.247 e. The first-order valence-electron chi connectivity index (χ1n) is 14.9. The summed E-state index contributed by atoms with van der Waals surface area (Å²) >= 11 is 0. The molecule has 1 unspecified atom stereocenters. The third kappa shape index (κ3) is 8.12. The predicted octanol–water partition coefficient (Wildman–Crippen LogP) is 6.30. The van der Waals surface area contributed by atoms with Crippen LogP contribution >= 0.6 is 0 Å². The Morgan fingerprint density at radius 3 is 2.66 bits per heavy atom. The molecule has 2 N–H and O–H groups in total. The average molecular weight is 646 g/mol. The lowest BCUT2D eigenvalue weighted by molar-refractivity contribution is -0.111. The highest BCUT2D eigenvalue weighted by atomic mass is 19.1. The highest BCUT2D eigenvalue weighted by Gasteiger charge is 2.30. The van der Waals surface area contributed by atoms with Gasteiger partial charge in [-0.15, -0.1) is 0 Å². The van der Waals surface area contributed by atoms with Gasteiger partial charge in [0, 0.05) is 44.8 Å². The topological polar surface area (TPSA) is 104 Å². The van der Waals surface area contributed by atoms with Crippen molar-refractivity contribution in [2.45, 2.75) is 12.5 Å². The summed E-state index contributed by atoms with van der Waals surface area (Å²) < 4.78 is 39.3. The van der Waals surface area contributed by atoms with E-state index in [4.69, 9.17) is 14.3 Å². The molecule has 246 valence electrons. The lowest BCUT2D eigenvalue weighted by Crippen LogP contribution is -2.29. The van der Waals surface area contributed by atoms with E-state index < -0.39 is 11.6 Å². The molecule has 11 nitrogen and oxygen atoms in total. The van der Waals surface area contributed by atoms with E-state index in [9.17, 15) is 13.6 Å². The molecule has 13 heteroatoms. The van der Waals surface area contributed by atoms with Crippen molar-refractivity contribution in [3.8, 4) is 17.2 Å². The standard InChI is InChI=1S/C34H37F2N7O4/c1-6-34(44)40-26-18-27(31(45-5)19-29(26)42(4)14-13-41(2)3)39-32-20-33(38-21-37-32)43-28(12-15-46-43)22-8-7-9-24(16-22)47-30-17-23(35)10-11-25(30)36/h6-11,16-21,28H,1,12-15H2,2-5H3,(H,40,44)(H,37,38,39). The number of methoxy groups -OCH3 is 1. The second-order valence-electron chi connectivity index (χ2n) is 11.1. The summed E-state index contributed by atoms with van der Waals surface area (Å²) in [6, 6.07) is 15.3. The number of likely N-dealkylation sites (N-methyl/N-ethyl adjacent to an activating group) is 2. The van der Waals surface area contributed by atoms with E-state index in [1.165, 1.54) is 12.4 Å². The number of amides is 1. The summed E-state index contributed by atoms with van der Waals surface area (Å²) in [5.41, 5.74) is 2.74. The molecule has 0 radical (unpaired) electrons. The van der Waals surface area contributed by atoms with Crippen LogP contribution in [0.2, 0.25) is 0 Å². The van der Waals surface area contributed by atoms with Gasteiger partial charge in [0.25, 0.3) is 0 Å². The molecular formula is C34H37F2N7O4. The fraction of sp³-hybridized carbons (Fsp3) is 0.265. The molecule has 47 heavy (non-hydrogen) atoms. The number of halogens is 2. The number of benzene rings is 3. The second-order valence-corrected chi connectivity index (χ2v) is 11.1. The number of hydrogen-bond donors (Lipinski definition) is 2. The fourth-order valence-corrected chi connectivity index (χ4v) is 5.05. The van der Waals surface area contributed by atoms with Crippen LogP contribution in [0.5, 0.6) is 17.2 Å². The minimum atomic E-state index is -0.665. The number of hydroxylamine groups is 1. The molecule has 1 atom stereocenters. The first-order valence-corrected chi connectivity index (χ1v) is 14.9. The SMILES string of the molecule is C=CC(=O)Nc1cc(Nc2cc(N3OCCC3c3cccc(Oc4cc(F)ccc4F)c3)ncn2)c(OC)cc1N(C)CCN(C)C. The zero-order chi connectivity index (χ0) is 33.5. The molecule has 1 aliphatic rings. The maximum absolute atomic E-state index is 14.2. The zero-order valence-corrected chi connectivity index (χ0v) is 26.7. The molecule has 1 aromatic heterocycles. The average Bonchev–Trinajstić information content (AvgIpc) is 3.56. The molecule has 1 amide bonds. The Bertz CT molecular complexity index is 1740. The van der Waals surface area contributed by atoms with Gasteiger partial charge in [0.1, 0.15) is 29.5 Å². The van der Waals surface area contributed by atoms with Crippen LogP contribution < -0.4 is 30.1 Å². The van der Waals surface area contributed by atoms with Crippen LogP contribution in [0, 0.1) is 11.6 Å². The Kier molecular flexibility index (Phi) is 10.5. The molecule has 0 spiro atoms. The number of aromatic nitrogens is 2. The lowest BCUT2D eigenvalue weighted by atomic mass is 10.0. The van der Waals surface area contributed by atoms with E-state index in [0.717, 1.165) is 36.0 Å². The van der Waals surface area contributed by atoms with Crippen LogP contribution in [0.3, 0.4) is 0 Å². The molecule has 2 heterocycles.